The number of aromatic nitrogens is 2. The molecule has 0 aliphatic rings. The number of fused-ring (bicyclic) bond motifs is 1. The Morgan fingerprint density at radius 2 is 2.00 bits per heavy atom. The van der Waals surface area contributed by atoms with E-state index in [1.165, 1.54) is 4.68 Å². The normalized spacial score (nSPS) is 10.3. The minimum absolute atomic E-state index is 0.314. The lowest BCUT2D eigenvalue weighted by Crippen LogP contribution is -2.47. The lowest BCUT2D eigenvalue weighted by molar-refractivity contribution is -0.624. The van der Waals surface area contributed by atoms with E-state index in [4.69, 9.17) is 11.6 Å². The van der Waals surface area contributed by atoms with E-state index in [-0.39, 0.29) is 0 Å². The number of nitrogens with zero attached hydrogens (tertiary/aromatic N) is 2. The summed E-state index contributed by atoms with van der Waals surface area (Å²) in [5.74, 6) is 5.83. The second kappa shape index (κ2) is 2.34. The molecule has 0 spiro atoms. The van der Waals surface area contributed by atoms with Gasteiger partial charge in [0.05, 0.1) is 5.39 Å². The summed E-state index contributed by atoms with van der Waals surface area (Å²) in [4.78, 5) is 4.09. The van der Waals surface area contributed by atoms with Crippen molar-refractivity contribution in [2.45, 2.75) is 0 Å². The number of benzene rings is 1. The van der Waals surface area contributed by atoms with Crippen LogP contribution in [-0.4, -0.2) is 4.98 Å². The summed E-state index contributed by atoms with van der Waals surface area (Å²) in [6.45, 7) is 0. The monoisotopic (exact) mass is 161 g/mol. The number of para-hydroxylation sites is 1. The first-order chi connectivity index (χ1) is 5.77. The van der Waals surface area contributed by atoms with Gasteiger partial charge in [0, 0.05) is 0 Å². The molecule has 0 unspecified atom stereocenters. The van der Waals surface area contributed by atoms with E-state index in [1.54, 1.807) is 6.20 Å². The molecule has 2 rings (SSSR count). The molecule has 4 nitrogen and oxygen atoms in total. The van der Waals surface area contributed by atoms with Gasteiger partial charge < -0.3 is 0 Å². The summed E-state index contributed by atoms with van der Waals surface area (Å²) in [7, 11) is 0. The summed E-state index contributed by atoms with van der Waals surface area (Å²) in [5.41, 5.74) is 6.37. The Morgan fingerprint density at radius 1 is 1.25 bits per heavy atom. The van der Waals surface area contributed by atoms with Gasteiger partial charge in [0.2, 0.25) is 0 Å². The largest absolute Gasteiger partial charge is 0.411 e. The third-order valence-electron chi connectivity index (χ3n) is 1.71. The van der Waals surface area contributed by atoms with Crippen molar-refractivity contribution in [3.8, 4) is 0 Å². The smallest absolute Gasteiger partial charge is 0.289 e. The van der Waals surface area contributed by atoms with Crippen LogP contribution in [-0.2, 0) is 0 Å². The third-order valence-corrected chi connectivity index (χ3v) is 1.71. The zero-order chi connectivity index (χ0) is 8.55. The third kappa shape index (κ3) is 0.934. The summed E-state index contributed by atoms with van der Waals surface area (Å²) < 4.78 is 1.31. The maximum atomic E-state index is 5.52. The summed E-state index contributed by atoms with van der Waals surface area (Å²) in [6, 6.07) is 7.67. The van der Waals surface area contributed by atoms with Crippen molar-refractivity contribution in [3.05, 3.63) is 30.5 Å². The van der Waals surface area contributed by atoms with Gasteiger partial charge in [-0.05, 0) is 12.1 Å². The molecular weight excluding hydrogens is 152 g/mol. The summed E-state index contributed by atoms with van der Waals surface area (Å²) in [6.07, 6.45) is 1.75. The lowest BCUT2D eigenvalue weighted by atomic mass is 10.2. The minimum Gasteiger partial charge on any atom is -0.289 e. The lowest BCUT2D eigenvalue weighted by Gasteiger charge is -1.95. The molecule has 4 heteroatoms. The van der Waals surface area contributed by atoms with Crippen LogP contribution in [0, 0.1) is 0 Å². The first-order valence-electron chi connectivity index (χ1n) is 3.59. The van der Waals surface area contributed by atoms with Crippen molar-refractivity contribution in [2.75, 3.05) is 11.6 Å². The van der Waals surface area contributed by atoms with Gasteiger partial charge in [0.25, 0.3) is 0 Å². The highest BCUT2D eigenvalue weighted by molar-refractivity contribution is 5.77. The van der Waals surface area contributed by atoms with Gasteiger partial charge in [-0.3, -0.25) is 11.6 Å². The van der Waals surface area contributed by atoms with E-state index in [0.717, 1.165) is 10.9 Å². The van der Waals surface area contributed by atoms with Crippen LogP contribution in [0.1, 0.15) is 0 Å². The van der Waals surface area contributed by atoms with Gasteiger partial charge in [-0.2, -0.15) is 0 Å². The maximum Gasteiger partial charge on any atom is 0.411 e. The van der Waals surface area contributed by atoms with E-state index in [9.17, 15) is 0 Å². The van der Waals surface area contributed by atoms with E-state index < -0.39 is 0 Å². The molecule has 0 aliphatic heterocycles. The molecule has 2 aromatic rings. The zero-order valence-corrected chi connectivity index (χ0v) is 6.44. The van der Waals surface area contributed by atoms with Gasteiger partial charge in [-0.15, -0.1) is 4.68 Å². The van der Waals surface area contributed by atoms with E-state index in [2.05, 4.69) is 4.98 Å². The second-order valence-corrected chi connectivity index (χ2v) is 2.57. The van der Waals surface area contributed by atoms with Crippen LogP contribution in [0.5, 0.6) is 0 Å². The van der Waals surface area contributed by atoms with Crippen molar-refractivity contribution >= 4 is 16.9 Å². The molecule has 0 saturated carbocycles. The number of hydrogen-bond donors (Lipinski definition) is 2. The number of rotatable bonds is 0. The summed E-state index contributed by atoms with van der Waals surface area (Å²) >= 11 is 0. The van der Waals surface area contributed by atoms with Crippen molar-refractivity contribution < 1.29 is 4.68 Å². The molecule has 4 N–H and O–H groups in total. The molecule has 0 aliphatic carbocycles. The SMILES string of the molecule is Nc1nc2ccccc2c[n+]1N. The van der Waals surface area contributed by atoms with Gasteiger partial charge in [-0.25, -0.2) is 0 Å². The van der Waals surface area contributed by atoms with Crippen molar-refractivity contribution in [2.24, 2.45) is 0 Å². The van der Waals surface area contributed by atoms with Crippen molar-refractivity contribution in [1.29, 1.82) is 0 Å². The number of hydrogen-bond acceptors (Lipinski definition) is 3. The Morgan fingerprint density at radius 3 is 2.83 bits per heavy atom. The average Bonchev–Trinajstić information content (AvgIpc) is 2.07. The molecule has 0 atom stereocenters. The van der Waals surface area contributed by atoms with Gasteiger partial charge in [0.1, 0.15) is 6.20 Å². The average molecular weight is 161 g/mol. The molecule has 1 aromatic carbocycles. The molecule has 60 valence electrons. The van der Waals surface area contributed by atoms with Crippen LogP contribution in [0.25, 0.3) is 10.9 Å². The van der Waals surface area contributed by atoms with Crippen molar-refractivity contribution in [3.63, 3.8) is 0 Å². The molecule has 1 heterocycles. The highest BCUT2D eigenvalue weighted by Crippen LogP contribution is 2.07. The minimum atomic E-state index is 0.314. The molecule has 0 amide bonds. The first-order valence-corrected chi connectivity index (χ1v) is 3.59. The molecule has 1 aromatic heterocycles. The summed E-state index contributed by atoms with van der Waals surface area (Å²) in [5, 5.41) is 0.981. The van der Waals surface area contributed by atoms with E-state index in [0.29, 0.717) is 5.95 Å². The van der Waals surface area contributed by atoms with Gasteiger partial charge >= 0.3 is 5.95 Å². The van der Waals surface area contributed by atoms with Gasteiger partial charge in [-0.1, -0.05) is 17.1 Å². The van der Waals surface area contributed by atoms with Crippen LogP contribution in [0.4, 0.5) is 5.95 Å². The number of nitrogen functional groups attached to an aromatic ring is 2. The molecule has 0 radical (unpaired) electrons. The van der Waals surface area contributed by atoms with E-state index >= 15 is 0 Å². The van der Waals surface area contributed by atoms with Crippen LogP contribution in [0.2, 0.25) is 0 Å². The zero-order valence-electron chi connectivity index (χ0n) is 6.44. The quantitative estimate of drug-likeness (QED) is 0.416. The standard InChI is InChI=1S/C8H8N4/c9-8-11-7-4-2-1-3-6(7)5-12(8)10/h1-5,9H,10H2/p+1. The molecular formula is C8H9N4+. The Kier molecular flexibility index (Phi) is 1.33. The Bertz CT molecular complexity index is 384. The maximum absolute atomic E-state index is 5.52. The molecule has 0 bridgehead atoms. The van der Waals surface area contributed by atoms with E-state index in [1.807, 2.05) is 24.3 Å². The highest BCUT2D eigenvalue weighted by atomic mass is 15.3. The Hall–Kier alpha value is -1.84. The van der Waals surface area contributed by atoms with Crippen LogP contribution in [0.3, 0.4) is 0 Å². The molecule has 12 heavy (non-hydrogen) atoms. The first kappa shape index (κ1) is 6.84. The number of anilines is 1. The predicted molar refractivity (Wildman–Crippen MR) is 46.5 cm³/mol. The fourth-order valence-electron chi connectivity index (χ4n) is 1.10. The Balaban J connectivity index is 2.84. The van der Waals surface area contributed by atoms with Crippen LogP contribution in [0.15, 0.2) is 30.5 Å². The number of nitrogens with two attached hydrogens (primary N) is 2. The van der Waals surface area contributed by atoms with Crippen LogP contribution >= 0.6 is 0 Å². The fraction of sp³-hybridized carbons (Fsp3) is 0. The van der Waals surface area contributed by atoms with Crippen LogP contribution < -0.4 is 16.3 Å². The predicted octanol–water partition coefficient (Wildman–Crippen LogP) is -0.182. The fourth-order valence-corrected chi connectivity index (χ4v) is 1.10. The van der Waals surface area contributed by atoms with Crippen molar-refractivity contribution in [1.82, 2.24) is 4.98 Å². The molecule has 0 saturated heterocycles. The Labute approximate surface area is 69.4 Å². The highest BCUT2D eigenvalue weighted by Gasteiger charge is 2.05. The molecule has 0 fully saturated rings. The topological polar surface area (TPSA) is 68.8 Å². The van der Waals surface area contributed by atoms with Gasteiger partial charge in [0.15, 0.2) is 5.52 Å². The second-order valence-electron chi connectivity index (χ2n) is 2.57.